The monoisotopic (exact) mass is 265 g/mol. The van der Waals surface area contributed by atoms with E-state index >= 15 is 0 Å². The summed E-state index contributed by atoms with van der Waals surface area (Å²) < 4.78 is 8.76. The van der Waals surface area contributed by atoms with E-state index in [1.807, 2.05) is 36.4 Å². The molecule has 0 aliphatic rings. The minimum atomic E-state index is -1.41. The Morgan fingerprint density at radius 1 is 1.00 bits per heavy atom. The molecule has 3 N–H and O–H groups in total. The Balaban J connectivity index is 0. The third-order valence-electron chi connectivity index (χ3n) is 1.90. The summed E-state index contributed by atoms with van der Waals surface area (Å²) in [4.78, 5) is 0. The first-order chi connectivity index (χ1) is 8.72. The molecule has 2 radical (unpaired) electrons. The summed E-state index contributed by atoms with van der Waals surface area (Å²) in [6.07, 6.45) is 0. The molecular weight excluding hydrogens is 251 g/mol. The van der Waals surface area contributed by atoms with Gasteiger partial charge in [-0.3, -0.25) is 4.76 Å². The second kappa shape index (κ2) is 11.1. The van der Waals surface area contributed by atoms with Crippen molar-refractivity contribution < 1.29 is 45.4 Å². The smallest absolute Gasteiger partial charge is 1.00 e. The van der Waals surface area contributed by atoms with Gasteiger partial charge in [0.05, 0.1) is 0 Å². The molecule has 0 aromatic heterocycles. The largest absolute Gasteiger partial charge is 1.00 e. The molecule has 92 valence electrons. The SMILES string of the molecule is NOB(O)Oc1ccccc1.[B]c1ccccc1.[H-].[Na+]. The van der Waals surface area contributed by atoms with Crippen molar-refractivity contribution in [3.8, 4) is 5.75 Å². The summed E-state index contributed by atoms with van der Waals surface area (Å²) in [5, 5.41) is 8.74. The molecule has 2 aromatic rings. The van der Waals surface area contributed by atoms with Crippen LogP contribution in [-0.4, -0.2) is 20.2 Å². The molecule has 2 rings (SSSR count). The second-order valence-electron chi connectivity index (χ2n) is 3.28. The van der Waals surface area contributed by atoms with E-state index in [9.17, 15) is 0 Å². The normalized spacial score (nSPS) is 8.53. The number of para-hydroxylation sites is 1. The average Bonchev–Trinajstić information content (AvgIpc) is 2.41. The molecule has 0 aliphatic carbocycles. The predicted molar refractivity (Wildman–Crippen MR) is 73.3 cm³/mol. The first-order valence-electron chi connectivity index (χ1n) is 5.28. The molecule has 2 aromatic carbocycles. The van der Waals surface area contributed by atoms with Crippen molar-refractivity contribution in [2.24, 2.45) is 5.90 Å². The molecule has 0 saturated heterocycles. The van der Waals surface area contributed by atoms with E-state index in [0.29, 0.717) is 5.75 Å². The number of hydrogen-bond acceptors (Lipinski definition) is 4. The van der Waals surface area contributed by atoms with Crippen LogP contribution in [0.4, 0.5) is 0 Å². The Morgan fingerprint density at radius 3 is 1.84 bits per heavy atom. The van der Waals surface area contributed by atoms with Gasteiger partial charge in [-0.25, -0.2) is 5.90 Å². The van der Waals surface area contributed by atoms with Gasteiger partial charge in [0.2, 0.25) is 0 Å². The summed E-state index contributed by atoms with van der Waals surface area (Å²) in [5.74, 6) is 5.15. The Hall–Kier alpha value is -0.750. The van der Waals surface area contributed by atoms with E-state index in [1.165, 1.54) is 0 Å². The molecule has 0 amide bonds. The maximum Gasteiger partial charge on any atom is 1.00 e. The van der Waals surface area contributed by atoms with Crippen LogP contribution in [0.2, 0.25) is 0 Å². The fourth-order valence-electron chi connectivity index (χ4n) is 1.10. The van der Waals surface area contributed by atoms with Gasteiger partial charge in [-0.1, -0.05) is 54.0 Å². The Kier molecular flexibility index (Phi) is 10.7. The van der Waals surface area contributed by atoms with Crippen molar-refractivity contribution in [3.05, 3.63) is 60.7 Å². The van der Waals surface area contributed by atoms with Crippen molar-refractivity contribution in [2.75, 3.05) is 0 Å². The summed E-state index contributed by atoms with van der Waals surface area (Å²) in [6.45, 7) is 0. The van der Waals surface area contributed by atoms with Crippen LogP contribution in [0, 0.1) is 0 Å². The van der Waals surface area contributed by atoms with Gasteiger partial charge in [-0.15, -0.1) is 0 Å². The van der Waals surface area contributed by atoms with Crippen LogP contribution >= 0.6 is 0 Å². The zero-order valence-electron chi connectivity index (χ0n) is 11.8. The molecule has 0 saturated carbocycles. The van der Waals surface area contributed by atoms with E-state index in [2.05, 4.69) is 10.7 Å². The molecule has 0 aliphatic heterocycles. The zero-order valence-corrected chi connectivity index (χ0v) is 12.8. The molecular formula is C12H14B2NNaO3. The van der Waals surface area contributed by atoms with E-state index in [1.54, 1.807) is 24.3 Å². The molecule has 0 atom stereocenters. The average molecular weight is 265 g/mol. The van der Waals surface area contributed by atoms with E-state index in [-0.39, 0.29) is 31.0 Å². The van der Waals surface area contributed by atoms with Gasteiger partial charge in [0.15, 0.2) is 0 Å². The van der Waals surface area contributed by atoms with Gasteiger partial charge in [0, 0.05) is 0 Å². The minimum absolute atomic E-state index is 0. The molecule has 0 bridgehead atoms. The van der Waals surface area contributed by atoms with Crippen LogP contribution < -0.4 is 45.6 Å². The topological polar surface area (TPSA) is 64.7 Å². The molecule has 7 heteroatoms. The fourth-order valence-corrected chi connectivity index (χ4v) is 1.10. The number of rotatable bonds is 3. The maximum atomic E-state index is 8.74. The van der Waals surface area contributed by atoms with Gasteiger partial charge >= 0.3 is 36.9 Å². The summed E-state index contributed by atoms with van der Waals surface area (Å²) in [6, 6.07) is 18.2. The number of hydrogen-bond donors (Lipinski definition) is 2. The second-order valence-corrected chi connectivity index (χ2v) is 3.28. The third-order valence-corrected chi connectivity index (χ3v) is 1.90. The van der Waals surface area contributed by atoms with Crippen molar-refractivity contribution >= 4 is 20.6 Å². The third kappa shape index (κ3) is 8.88. The maximum absolute atomic E-state index is 8.74. The van der Waals surface area contributed by atoms with E-state index < -0.39 is 7.32 Å². The Morgan fingerprint density at radius 2 is 1.47 bits per heavy atom. The van der Waals surface area contributed by atoms with Gasteiger partial charge in [-0.2, -0.15) is 0 Å². The number of benzene rings is 2. The standard InChI is InChI=1S/C6H8BNO3.C6H5B.Na.H/c8-11-7(9)10-6-4-2-1-3-5-6;7-6-4-2-1-3-5-6;;/h1-5,9H,8H2;1-5H;;/q;;+1;-1. The minimum Gasteiger partial charge on any atom is -1.00 e. The summed E-state index contributed by atoms with van der Waals surface area (Å²) >= 11 is 0. The summed E-state index contributed by atoms with van der Waals surface area (Å²) in [7, 11) is 3.95. The van der Waals surface area contributed by atoms with Gasteiger partial charge < -0.3 is 11.1 Å². The van der Waals surface area contributed by atoms with E-state index in [4.69, 9.17) is 17.5 Å². The van der Waals surface area contributed by atoms with Crippen molar-refractivity contribution in [2.45, 2.75) is 0 Å². The van der Waals surface area contributed by atoms with Crippen LogP contribution in [0.3, 0.4) is 0 Å². The zero-order chi connectivity index (χ0) is 13.2. The molecule has 0 unspecified atom stereocenters. The predicted octanol–water partition coefficient (Wildman–Crippen LogP) is -2.47. The molecule has 4 nitrogen and oxygen atoms in total. The van der Waals surface area contributed by atoms with Crippen molar-refractivity contribution in [3.63, 3.8) is 0 Å². The van der Waals surface area contributed by atoms with Gasteiger partial charge in [-0.05, 0) is 12.1 Å². The first-order valence-corrected chi connectivity index (χ1v) is 5.28. The number of nitrogens with two attached hydrogens (primary N) is 1. The van der Waals surface area contributed by atoms with Gasteiger partial charge in [0.25, 0.3) is 0 Å². The fraction of sp³-hybridized carbons (Fsp3) is 0. The quantitative estimate of drug-likeness (QED) is 0.477. The van der Waals surface area contributed by atoms with Crippen LogP contribution in [0.15, 0.2) is 60.7 Å². The van der Waals surface area contributed by atoms with Crippen LogP contribution in [-0.2, 0) is 4.76 Å². The van der Waals surface area contributed by atoms with Crippen LogP contribution in [0.25, 0.3) is 0 Å². The Bertz CT molecular complexity index is 439. The molecule has 0 heterocycles. The van der Waals surface area contributed by atoms with E-state index in [0.717, 1.165) is 5.46 Å². The summed E-state index contributed by atoms with van der Waals surface area (Å²) in [5.41, 5.74) is 0.822. The molecule has 0 spiro atoms. The van der Waals surface area contributed by atoms with Crippen LogP contribution in [0.1, 0.15) is 1.43 Å². The first kappa shape index (κ1) is 18.2. The Labute approximate surface area is 138 Å². The molecule has 19 heavy (non-hydrogen) atoms. The van der Waals surface area contributed by atoms with Crippen LogP contribution in [0.5, 0.6) is 5.75 Å². The van der Waals surface area contributed by atoms with Crippen molar-refractivity contribution in [1.82, 2.24) is 0 Å². The van der Waals surface area contributed by atoms with Crippen molar-refractivity contribution in [1.29, 1.82) is 0 Å². The molecule has 0 fully saturated rings. The van der Waals surface area contributed by atoms with Gasteiger partial charge in [0.1, 0.15) is 13.6 Å².